The fraction of sp³-hybridized carbons (Fsp3) is 0.909. The van der Waals surface area contributed by atoms with Crippen molar-refractivity contribution in [3.8, 4) is 0 Å². The van der Waals surface area contributed by atoms with Crippen LogP contribution in [0.2, 0.25) is 0 Å². The summed E-state index contributed by atoms with van der Waals surface area (Å²) in [6, 6.07) is 0. The number of unbranched alkanes of at least 4 members (excludes halogenated alkanes) is 3. The lowest BCUT2D eigenvalue weighted by Crippen LogP contribution is -2.30. The lowest BCUT2D eigenvalue weighted by Gasteiger charge is -2.16. The second-order valence-corrected chi connectivity index (χ2v) is 4.74. The van der Waals surface area contributed by atoms with Crippen molar-refractivity contribution in [2.45, 2.75) is 46.5 Å². The first-order valence-corrected chi connectivity index (χ1v) is 5.62. The Morgan fingerprint density at radius 2 is 1.80 bits per heavy atom. The average Bonchev–Trinajstić information content (AvgIpc) is 2.14. The van der Waals surface area contributed by atoms with Crippen LogP contribution >= 0.6 is 0 Å². The molecule has 0 amide bonds. The van der Waals surface area contributed by atoms with Gasteiger partial charge in [-0.3, -0.25) is 0 Å². The zero-order chi connectivity index (χ0) is 11.7. The van der Waals surface area contributed by atoms with Crippen molar-refractivity contribution >= 4 is 5.97 Å². The third-order valence-electron chi connectivity index (χ3n) is 2.01. The van der Waals surface area contributed by atoms with Gasteiger partial charge in [-0.2, -0.15) is 5.48 Å². The van der Waals surface area contributed by atoms with E-state index in [2.05, 4.69) is 5.48 Å². The van der Waals surface area contributed by atoms with Crippen LogP contribution in [0.3, 0.4) is 0 Å². The fourth-order valence-corrected chi connectivity index (χ4v) is 0.965. The van der Waals surface area contributed by atoms with Gasteiger partial charge in [0.05, 0.1) is 5.41 Å². The fourth-order valence-electron chi connectivity index (χ4n) is 0.965. The van der Waals surface area contributed by atoms with E-state index >= 15 is 0 Å². The van der Waals surface area contributed by atoms with E-state index < -0.39 is 5.41 Å². The summed E-state index contributed by atoms with van der Waals surface area (Å²) in [5.41, 5.74) is 7.62. The van der Waals surface area contributed by atoms with E-state index in [1.165, 1.54) is 0 Å². The molecule has 0 fully saturated rings. The molecule has 0 aromatic rings. The maximum absolute atomic E-state index is 11.3. The number of nitrogens with two attached hydrogens (primary N) is 1. The molecule has 0 rings (SSSR count). The molecule has 0 aromatic carbocycles. The van der Waals surface area contributed by atoms with Gasteiger partial charge >= 0.3 is 5.97 Å². The van der Waals surface area contributed by atoms with E-state index in [1.807, 2.05) is 20.8 Å². The molecule has 0 aliphatic heterocycles. The highest BCUT2D eigenvalue weighted by Gasteiger charge is 2.23. The predicted octanol–water partition coefficient (Wildman–Crippen LogP) is 1.60. The molecule has 0 bridgehead atoms. The van der Waals surface area contributed by atoms with Crippen molar-refractivity contribution in [2.24, 2.45) is 11.1 Å². The second-order valence-electron chi connectivity index (χ2n) is 4.74. The SMILES string of the molecule is CC(C)(C)C(=O)ONCCCCCCN. The van der Waals surface area contributed by atoms with Crippen LogP contribution in [0, 0.1) is 5.41 Å². The number of hydrogen-bond donors (Lipinski definition) is 2. The molecule has 0 aromatic heterocycles. The first-order valence-electron chi connectivity index (χ1n) is 5.62. The Bertz CT molecular complexity index is 176. The molecule has 0 saturated carbocycles. The maximum Gasteiger partial charge on any atom is 0.329 e. The van der Waals surface area contributed by atoms with Crippen LogP contribution in [0.4, 0.5) is 0 Å². The monoisotopic (exact) mass is 216 g/mol. The Balaban J connectivity index is 3.28. The van der Waals surface area contributed by atoms with E-state index in [0.29, 0.717) is 6.54 Å². The summed E-state index contributed by atoms with van der Waals surface area (Å²) in [5, 5.41) is 0. The number of hydrogen-bond acceptors (Lipinski definition) is 4. The minimum absolute atomic E-state index is 0.218. The maximum atomic E-state index is 11.3. The van der Waals surface area contributed by atoms with Crippen LogP contribution in [-0.4, -0.2) is 19.1 Å². The topological polar surface area (TPSA) is 64.3 Å². The molecule has 0 radical (unpaired) electrons. The number of carbonyl (C=O) groups is 1. The second kappa shape index (κ2) is 7.65. The number of rotatable bonds is 7. The lowest BCUT2D eigenvalue weighted by atomic mass is 9.98. The summed E-state index contributed by atoms with van der Waals surface area (Å²) in [7, 11) is 0. The lowest BCUT2D eigenvalue weighted by molar-refractivity contribution is -0.160. The largest absolute Gasteiger partial charge is 0.370 e. The quantitative estimate of drug-likeness (QED) is 0.501. The molecule has 90 valence electrons. The van der Waals surface area contributed by atoms with Crippen LogP contribution in [0.1, 0.15) is 46.5 Å². The minimum Gasteiger partial charge on any atom is -0.370 e. The van der Waals surface area contributed by atoms with Gasteiger partial charge in [-0.05, 0) is 40.2 Å². The van der Waals surface area contributed by atoms with Gasteiger partial charge in [0.2, 0.25) is 0 Å². The Morgan fingerprint density at radius 3 is 2.33 bits per heavy atom. The van der Waals surface area contributed by atoms with Gasteiger partial charge in [-0.1, -0.05) is 12.8 Å². The summed E-state index contributed by atoms with van der Waals surface area (Å²) in [4.78, 5) is 16.2. The van der Waals surface area contributed by atoms with E-state index in [-0.39, 0.29) is 5.97 Å². The van der Waals surface area contributed by atoms with Gasteiger partial charge in [-0.25, -0.2) is 4.79 Å². The van der Waals surface area contributed by atoms with Crippen molar-refractivity contribution in [3.05, 3.63) is 0 Å². The van der Waals surface area contributed by atoms with Gasteiger partial charge in [-0.15, -0.1) is 0 Å². The van der Waals surface area contributed by atoms with Gasteiger partial charge in [0.25, 0.3) is 0 Å². The van der Waals surface area contributed by atoms with Crippen LogP contribution in [-0.2, 0) is 9.63 Å². The smallest absolute Gasteiger partial charge is 0.329 e. The summed E-state index contributed by atoms with van der Waals surface area (Å²) in [6.07, 6.45) is 4.35. The van der Waals surface area contributed by atoms with Gasteiger partial charge < -0.3 is 10.6 Å². The molecule has 0 unspecified atom stereocenters. The van der Waals surface area contributed by atoms with Crippen molar-refractivity contribution in [2.75, 3.05) is 13.1 Å². The predicted molar refractivity (Wildman–Crippen MR) is 61.1 cm³/mol. The molecular weight excluding hydrogens is 192 g/mol. The third kappa shape index (κ3) is 8.39. The van der Waals surface area contributed by atoms with Gasteiger partial charge in [0, 0.05) is 6.54 Å². The van der Waals surface area contributed by atoms with E-state index in [1.54, 1.807) is 0 Å². The highest BCUT2D eigenvalue weighted by molar-refractivity contribution is 5.75. The van der Waals surface area contributed by atoms with Crippen LogP contribution < -0.4 is 11.2 Å². The number of carbonyl (C=O) groups excluding carboxylic acids is 1. The number of hydroxylamine groups is 1. The van der Waals surface area contributed by atoms with Gasteiger partial charge in [0.15, 0.2) is 0 Å². The minimum atomic E-state index is -0.438. The molecule has 4 heteroatoms. The molecule has 0 saturated heterocycles. The molecular formula is C11H24N2O2. The number of nitrogens with one attached hydrogen (secondary N) is 1. The van der Waals surface area contributed by atoms with E-state index in [0.717, 1.165) is 32.2 Å². The van der Waals surface area contributed by atoms with Crippen LogP contribution in [0.5, 0.6) is 0 Å². The molecule has 0 atom stereocenters. The molecule has 0 spiro atoms. The van der Waals surface area contributed by atoms with Crippen molar-refractivity contribution in [1.29, 1.82) is 0 Å². The molecule has 0 heterocycles. The van der Waals surface area contributed by atoms with E-state index in [9.17, 15) is 4.79 Å². The average molecular weight is 216 g/mol. The van der Waals surface area contributed by atoms with Crippen LogP contribution in [0.15, 0.2) is 0 Å². The molecule has 0 aliphatic rings. The summed E-state index contributed by atoms with van der Waals surface area (Å²) in [5.74, 6) is -0.218. The Kier molecular flexibility index (Phi) is 7.34. The first kappa shape index (κ1) is 14.4. The highest BCUT2D eigenvalue weighted by Crippen LogP contribution is 2.13. The summed E-state index contributed by atoms with van der Waals surface area (Å²) in [6.45, 7) is 6.97. The van der Waals surface area contributed by atoms with E-state index in [4.69, 9.17) is 10.6 Å². The highest BCUT2D eigenvalue weighted by atomic mass is 16.7. The molecule has 0 aliphatic carbocycles. The Morgan fingerprint density at radius 1 is 1.20 bits per heavy atom. The van der Waals surface area contributed by atoms with Crippen molar-refractivity contribution < 1.29 is 9.63 Å². The van der Waals surface area contributed by atoms with Crippen molar-refractivity contribution in [3.63, 3.8) is 0 Å². The zero-order valence-corrected chi connectivity index (χ0v) is 10.1. The van der Waals surface area contributed by atoms with Crippen molar-refractivity contribution in [1.82, 2.24) is 5.48 Å². The first-order chi connectivity index (χ1) is 6.98. The summed E-state index contributed by atoms with van der Waals surface area (Å²) < 4.78 is 0. The van der Waals surface area contributed by atoms with Crippen LogP contribution in [0.25, 0.3) is 0 Å². The Labute approximate surface area is 92.5 Å². The van der Waals surface area contributed by atoms with Gasteiger partial charge in [0.1, 0.15) is 0 Å². The normalized spacial score (nSPS) is 11.5. The molecule has 3 N–H and O–H groups in total. The Hall–Kier alpha value is -0.610. The summed E-state index contributed by atoms with van der Waals surface area (Å²) >= 11 is 0. The molecule has 4 nitrogen and oxygen atoms in total. The zero-order valence-electron chi connectivity index (χ0n) is 10.1. The third-order valence-corrected chi connectivity index (χ3v) is 2.01. The molecule has 15 heavy (non-hydrogen) atoms. The standard InChI is InChI=1S/C11H24N2O2/c1-11(2,3)10(14)15-13-9-7-5-4-6-8-12/h13H,4-9,12H2,1-3H3.